The van der Waals surface area contributed by atoms with Gasteiger partial charge in [0.2, 0.25) is 5.91 Å². The highest BCUT2D eigenvalue weighted by atomic mass is 35.5. The van der Waals surface area contributed by atoms with Gasteiger partial charge < -0.3 is 10.2 Å². The summed E-state index contributed by atoms with van der Waals surface area (Å²) in [5.74, 6) is 0.109. The van der Waals surface area contributed by atoms with E-state index in [9.17, 15) is 9.18 Å². The van der Waals surface area contributed by atoms with E-state index in [2.05, 4.69) is 5.32 Å². The van der Waals surface area contributed by atoms with Crippen LogP contribution in [0.4, 0.5) is 15.8 Å². The molecule has 112 valence electrons. The predicted octanol–water partition coefficient (Wildman–Crippen LogP) is 4.02. The summed E-state index contributed by atoms with van der Waals surface area (Å²) in [5.41, 5.74) is 1.01. The van der Waals surface area contributed by atoms with Crippen LogP contribution in [0.5, 0.6) is 0 Å². The van der Waals surface area contributed by atoms with E-state index in [4.69, 9.17) is 11.6 Å². The Balaban J connectivity index is 2.65. The third-order valence-corrected chi connectivity index (χ3v) is 3.44. The van der Waals surface area contributed by atoms with Crippen LogP contribution in [0.25, 0.3) is 0 Å². The minimum Gasteiger partial charge on any atom is -0.370 e. The number of carbonyl (C=O) groups excluding carboxylic acids is 1. The average Bonchev–Trinajstić information content (AvgIpc) is 2.38. The van der Waals surface area contributed by atoms with Crippen molar-refractivity contribution >= 4 is 28.9 Å². The predicted molar refractivity (Wildman–Crippen MR) is 83.1 cm³/mol. The number of benzene rings is 1. The molecule has 0 bridgehead atoms. The Hall–Kier alpha value is -1.29. The molecule has 0 aliphatic rings. The van der Waals surface area contributed by atoms with Crippen LogP contribution < -0.4 is 10.2 Å². The standard InChI is InChI=1S/C15H22ClFN2O/c1-11(2)19(3)14-8-7-12(10-13(14)17)18-15(20)6-4-5-9-16/h7-8,10-11H,4-6,9H2,1-3H3,(H,18,20). The first-order valence-corrected chi connectivity index (χ1v) is 7.37. The Bertz CT molecular complexity index is 451. The summed E-state index contributed by atoms with van der Waals surface area (Å²) >= 11 is 5.55. The van der Waals surface area contributed by atoms with Crippen molar-refractivity contribution in [2.24, 2.45) is 0 Å². The van der Waals surface area contributed by atoms with Gasteiger partial charge in [-0.05, 0) is 44.9 Å². The number of halogens is 2. The molecule has 1 aromatic carbocycles. The fourth-order valence-corrected chi connectivity index (χ4v) is 1.94. The first-order valence-electron chi connectivity index (χ1n) is 6.84. The van der Waals surface area contributed by atoms with E-state index in [-0.39, 0.29) is 17.8 Å². The summed E-state index contributed by atoms with van der Waals surface area (Å²) in [6.45, 7) is 3.98. The summed E-state index contributed by atoms with van der Waals surface area (Å²) in [6, 6.07) is 4.97. The number of hydrogen-bond donors (Lipinski definition) is 1. The molecule has 1 N–H and O–H groups in total. The first kappa shape index (κ1) is 16.8. The lowest BCUT2D eigenvalue weighted by molar-refractivity contribution is -0.116. The van der Waals surface area contributed by atoms with Crippen LogP contribution in [0.2, 0.25) is 0 Å². The number of hydrogen-bond acceptors (Lipinski definition) is 2. The topological polar surface area (TPSA) is 32.3 Å². The van der Waals surface area contributed by atoms with Crippen molar-refractivity contribution in [2.45, 2.75) is 39.2 Å². The van der Waals surface area contributed by atoms with Gasteiger partial charge in [0.05, 0.1) is 5.69 Å². The van der Waals surface area contributed by atoms with Crippen molar-refractivity contribution in [3.05, 3.63) is 24.0 Å². The number of carbonyl (C=O) groups is 1. The van der Waals surface area contributed by atoms with Gasteiger partial charge in [0, 0.05) is 31.1 Å². The highest BCUT2D eigenvalue weighted by Gasteiger charge is 2.11. The molecule has 0 radical (unpaired) electrons. The lowest BCUT2D eigenvalue weighted by Crippen LogP contribution is -2.26. The van der Waals surface area contributed by atoms with Crippen molar-refractivity contribution in [2.75, 3.05) is 23.1 Å². The number of rotatable bonds is 7. The van der Waals surface area contributed by atoms with Crippen molar-refractivity contribution in [1.82, 2.24) is 0 Å². The van der Waals surface area contributed by atoms with Gasteiger partial charge in [0.15, 0.2) is 0 Å². The minimum absolute atomic E-state index is 0.112. The Morgan fingerprint density at radius 1 is 1.40 bits per heavy atom. The van der Waals surface area contributed by atoms with E-state index >= 15 is 0 Å². The second-order valence-electron chi connectivity index (χ2n) is 5.07. The van der Waals surface area contributed by atoms with Gasteiger partial charge in [-0.2, -0.15) is 0 Å². The molecule has 0 aliphatic heterocycles. The van der Waals surface area contributed by atoms with E-state index in [1.54, 1.807) is 12.1 Å². The molecule has 0 saturated heterocycles. The maximum absolute atomic E-state index is 14.0. The van der Waals surface area contributed by atoms with Crippen LogP contribution in [-0.4, -0.2) is 24.9 Å². The molecule has 0 heterocycles. The molecule has 3 nitrogen and oxygen atoms in total. The largest absolute Gasteiger partial charge is 0.370 e. The zero-order valence-corrected chi connectivity index (χ0v) is 13.0. The Labute approximate surface area is 125 Å². The molecule has 0 fully saturated rings. The van der Waals surface area contributed by atoms with E-state index in [0.29, 0.717) is 23.7 Å². The van der Waals surface area contributed by atoms with Crippen molar-refractivity contribution in [3.63, 3.8) is 0 Å². The maximum Gasteiger partial charge on any atom is 0.224 e. The summed E-state index contributed by atoms with van der Waals surface area (Å²) in [5, 5.41) is 2.70. The molecule has 20 heavy (non-hydrogen) atoms. The zero-order chi connectivity index (χ0) is 15.1. The van der Waals surface area contributed by atoms with Gasteiger partial charge >= 0.3 is 0 Å². The molecule has 5 heteroatoms. The molecule has 1 aromatic rings. The van der Waals surface area contributed by atoms with Crippen LogP contribution in [0.15, 0.2) is 18.2 Å². The Morgan fingerprint density at radius 3 is 2.65 bits per heavy atom. The quantitative estimate of drug-likeness (QED) is 0.609. The van der Waals surface area contributed by atoms with Gasteiger partial charge in [0.25, 0.3) is 0 Å². The number of alkyl halides is 1. The van der Waals surface area contributed by atoms with Crippen LogP contribution in [0.3, 0.4) is 0 Å². The van der Waals surface area contributed by atoms with E-state index < -0.39 is 0 Å². The van der Waals surface area contributed by atoms with E-state index in [1.165, 1.54) is 6.07 Å². The second kappa shape index (κ2) is 8.10. The number of nitrogens with one attached hydrogen (secondary N) is 1. The van der Waals surface area contributed by atoms with E-state index in [1.807, 2.05) is 25.8 Å². The normalized spacial score (nSPS) is 10.7. The third kappa shape index (κ3) is 5.00. The average molecular weight is 301 g/mol. The summed E-state index contributed by atoms with van der Waals surface area (Å²) in [6.07, 6.45) is 1.95. The van der Waals surface area contributed by atoms with Crippen LogP contribution in [0, 0.1) is 5.82 Å². The van der Waals surface area contributed by atoms with Gasteiger partial charge in [-0.25, -0.2) is 4.39 Å². The molecular weight excluding hydrogens is 279 g/mol. The maximum atomic E-state index is 14.0. The highest BCUT2D eigenvalue weighted by molar-refractivity contribution is 6.17. The molecule has 0 aliphatic carbocycles. The minimum atomic E-state index is -0.334. The molecule has 1 rings (SSSR count). The number of amides is 1. The fraction of sp³-hybridized carbons (Fsp3) is 0.533. The zero-order valence-electron chi connectivity index (χ0n) is 12.2. The smallest absolute Gasteiger partial charge is 0.224 e. The molecule has 1 amide bonds. The lowest BCUT2D eigenvalue weighted by atomic mass is 10.2. The monoisotopic (exact) mass is 300 g/mol. The van der Waals surface area contributed by atoms with Crippen molar-refractivity contribution in [1.29, 1.82) is 0 Å². The van der Waals surface area contributed by atoms with Gasteiger partial charge in [-0.1, -0.05) is 0 Å². The first-order chi connectivity index (χ1) is 9.45. The summed E-state index contributed by atoms with van der Waals surface area (Å²) < 4.78 is 14.0. The molecule has 0 atom stereocenters. The molecule has 0 unspecified atom stereocenters. The third-order valence-electron chi connectivity index (χ3n) is 3.17. The van der Waals surface area contributed by atoms with Gasteiger partial charge in [-0.15, -0.1) is 11.6 Å². The number of nitrogens with zero attached hydrogens (tertiary/aromatic N) is 1. The second-order valence-corrected chi connectivity index (χ2v) is 5.44. The SMILES string of the molecule is CC(C)N(C)c1ccc(NC(=O)CCCCCl)cc1F. The fourth-order valence-electron chi connectivity index (χ4n) is 1.75. The highest BCUT2D eigenvalue weighted by Crippen LogP contribution is 2.23. The summed E-state index contributed by atoms with van der Waals surface area (Å²) in [4.78, 5) is 13.5. The van der Waals surface area contributed by atoms with Crippen molar-refractivity contribution < 1.29 is 9.18 Å². The van der Waals surface area contributed by atoms with Crippen LogP contribution in [0.1, 0.15) is 33.1 Å². The lowest BCUT2D eigenvalue weighted by Gasteiger charge is -2.24. The van der Waals surface area contributed by atoms with E-state index in [0.717, 1.165) is 12.8 Å². The van der Waals surface area contributed by atoms with Crippen LogP contribution in [-0.2, 0) is 4.79 Å². The molecule has 0 spiro atoms. The van der Waals surface area contributed by atoms with Gasteiger partial charge in [-0.3, -0.25) is 4.79 Å². The Kier molecular flexibility index (Phi) is 6.79. The summed E-state index contributed by atoms with van der Waals surface area (Å²) in [7, 11) is 1.84. The molecule has 0 aromatic heterocycles. The Morgan fingerprint density at radius 2 is 2.10 bits per heavy atom. The number of unbranched alkanes of at least 4 members (excludes halogenated alkanes) is 1. The van der Waals surface area contributed by atoms with Crippen molar-refractivity contribution in [3.8, 4) is 0 Å². The number of anilines is 2. The van der Waals surface area contributed by atoms with Crippen LogP contribution >= 0.6 is 11.6 Å². The molecule has 0 saturated carbocycles. The van der Waals surface area contributed by atoms with Gasteiger partial charge in [0.1, 0.15) is 5.82 Å². The molecular formula is C15H22ClFN2O.